The van der Waals surface area contributed by atoms with Crippen LogP contribution >= 0.6 is 0 Å². The van der Waals surface area contributed by atoms with Crippen LogP contribution in [0.15, 0.2) is 144 Å². The van der Waals surface area contributed by atoms with E-state index in [0.29, 0.717) is 0 Å². The molecule has 0 amide bonds. The van der Waals surface area contributed by atoms with Crippen molar-refractivity contribution in [2.24, 2.45) is 0 Å². The van der Waals surface area contributed by atoms with Crippen molar-refractivity contribution in [3.8, 4) is 0 Å². The normalized spacial score (nSPS) is 19.8. The first-order valence-corrected chi connectivity index (χ1v) is 17.5. The summed E-state index contributed by atoms with van der Waals surface area (Å²) in [5, 5.41) is 5.32. The van der Waals surface area contributed by atoms with Gasteiger partial charge in [0.05, 0.1) is 5.41 Å². The first-order valence-electron chi connectivity index (χ1n) is 17.5. The standard InChI is InChI=1S/C46H45N2.HI/c1-45(2)40(47(5)38-27-23-31-15-10-12-21-36(31)43(38)45)29-25-34-19-14-20-35(42(34)33-17-8-7-9-18-33)26-30-41-46(3,4)44-37-22-13-11-16-32(37)24-28-39(44)48(41)6;/h7-13,15-18,21-30H,14,19-20H2,1-6H3;1H/q+1;/p-1. The monoisotopic (exact) mass is 752 g/mol. The van der Waals surface area contributed by atoms with Crippen LogP contribution in [-0.2, 0) is 10.8 Å². The van der Waals surface area contributed by atoms with Gasteiger partial charge in [-0.15, -0.1) is 0 Å². The fourth-order valence-corrected chi connectivity index (χ4v) is 8.98. The average molecular weight is 753 g/mol. The Morgan fingerprint density at radius 3 is 2.00 bits per heavy atom. The van der Waals surface area contributed by atoms with Crippen LogP contribution < -0.4 is 28.9 Å². The number of benzene rings is 5. The quantitative estimate of drug-likeness (QED) is 0.132. The summed E-state index contributed by atoms with van der Waals surface area (Å²) in [6.45, 7) is 9.53. The van der Waals surface area contributed by atoms with E-state index in [0.717, 1.165) is 19.3 Å². The van der Waals surface area contributed by atoms with Gasteiger partial charge < -0.3 is 28.9 Å². The van der Waals surface area contributed by atoms with Crippen molar-refractivity contribution in [2.45, 2.75) is 57.8 Å². The Bertz CT molecular complexity index is 2280. The lowest BCUT2D eigenvalue weighted by atomic mass is 9.78. The van der Waals surface area contributed by atoms with Crippen LogP contribution in [0.3, 0.4) is 0 Å². The predicted molar refractivity (Wildman–Crippen MR) is 206 cm³/mol. The van der Waals surface area contributed by atoms with Gasteiger partial charge in [-0.3, -0.25) is 0 Å². The largest absolute Gasteiger partial charge is 1.00 e. The second-order valence-electron chi connectivity index (χ2n) is 14.8. The molecule has 246 valence electrons. The fourth-order valence-electron chi connectivity index (χ4n) is 8.98. The molecule has 0 saturated carbocycles. The van der Waals surface area contributed by atoms with E-state index in [2.05, 4.69) is 179 Å². The lowest BCUT2D eigenvalue weighted by molar-refractivity contribution is -0.401. The molecule has 0 fully saturated rings. The number of likely N-dealkylation sites (N-methyl/N-ethyl adjacent to an activating group) is 1. The van der Waals surface area contributed by atoms with E-state index in [9.17, 15) is 0 Å². The maximum absolute atomic E-state index is 2.43. The van der Waals surface area contributed by atoms with E-state index in [1.54, 1.807) is 0 Å². The molecule has 2 heterocycles. The minimum absolute atomic E-state index is 0. The zero-order valence-corrected chi connectivity index (χ0v) is 31.7. The third kappa shape index (κ3) is 5.33. The van der Waals surface area contributed by atoms with E-state index in [1.165, 1.54) is 77.7 Å². The van der Waals surface area contributed by atoms with E-state index >= 15 is 0 Å². The summed E-state index contributed by atoms with van der Waals surface area (Å²) < 4.78 is 2.41. The number of hydrogen-bond acceptors (Lipinski definition) is 1. The Hall–Kier alpha value is -4.22. The van der Waals surface area contributed by atoms with Crippen LogP contribution in [0.5, 0.6) is 0 Å². The van der Waals surface area contributed by atoms with Crippen molar-refractivity contribution in [1.29, 1.82) is 0 Å². The van der Waals surface area contributed by atoms with Crippen LogP contribution in [0.1, 0.15) is 63.6 Å². The molecule has 3 heteroatoms. The summed E-state index contributed by atoms with van der Waals surface area (Å²) in [5.74, 6) is 0. The lowest BCUT2D eigenvalue weighted by Gasteiger charge is -2.25. The molecule has 5 aromatic carbocycles. The number of anilines is 1. The second-order valence-corrected chi connectivity index (χ2v) is 14.8. The third-order valence-electron chi connectivity index (χ3n) is 11.3. The number of nitrogens with zero attached hydrogens (tertiary/aromatic N) is 2. The fraction of sp³-hybridized carbons (Fsp3) is 0.239. The number of hydrogen-bond donors (Lipinski definition) is 0. The summed E-state index contributed by atoms with van der Waals surface area (Å²) >= 11 is 0. The van der Waals surface area contributed by atoms with Crippen molar-refractivity contribution in [3.63, 3.8) is 0 Å². The van der Waals surface area contributed by atoms with Gasteiger partial charge in [0.2, 0.25) is 5.69 Å². The number of allylic oxidation sites excluding steroid dienone is 8. The van der Waals surface area contributed by atoms with E-state index in [1.807, 2.05) is 0 Å². The molecular formula is C46H45IN2. The molecule has 49 heavy (non-hydrogen) atoms. The van der Waals surface area contributed by atoms with Gasteiger partial charge in [-0.2, -0.15) is 4.58 Å². The lowest BCUT2D eigenvalue weighted by Crippen LogP contribution is -3.00. The Labute approximate surface area is 308 Å². The molecule has 0 N–H and O–H groups in total. The van der Waals surface area contributed by atoms with E-state index in [4.69, 9.17) is 0 Å². The highest BCUT2D eigenvalue weighted by Gasteiger charge is 2.44. The van der Waals surface area contributed by atoms with Crippen molar-refractivity contribution >= 4 is 44.2 Å². The Kier molecular flexibility index (Phi) is 8.55. The first kappa shape index (κ1) is 33.3. The van der Waals surface area contributed by atoms with Gasteiger partial charge in [0.1, 0.15) is 7.05 Å². The van der Waals surface area contributed by atoms with Gasteiger partial charge in [0.15, 0.2) is 5.71 Å². The molecule has 0 spiro atoms. The molecule has 0 saturated heterocycles. The molecule has 5 aromatic rings. The minimum atomic E-state index is -0.107. The smallest absolute Gasteiger partial charge is 0.210 e. The number of halogens is 1. The molecule has 2 nitrogen and oxygen atoms in total. The van der Waals surface area contributed by atoms with Gasteiger partial charge in [-0.1, -0.05) is 111 Å². The van der Waals surface area contributed by atoms with E-state index < -0.39 is 0 Å². The van der Waals surface area contributed by atoms with Gasteiger partial charge in [-0.05, 0) is 101 Å². The van der Waals surface area contributed by atoms with Crippen LogP contribution in [0.25, 0.3) is 27.1 Å². The van der Waals surface area contributed by atoms with E-state index in [-0.39, 0.29) is 34.8 Å². The SMILES string of the molecule is CN1/C(=C/C=C2\CCCC(/C=C/C3=[N+](C)c4ccc5ccccc5c4C3(C)C)=C2c2ccccc2)C(C)(C)c2c1ccc1ccccc21.[I-]. The first-order chi connectivity index (χ1) is 23.2. The summed E-state index contributed by atoms with van der Waals surface area (Å²) in [7, 11) is 4.46. The molecule has 1 aliphatic carbocycles. The zero-order chi connectivity index (χ0) is 33.2. The minimum Gasteiger partial charge on any atom is -1.00 e. The molecule has 0 atom stereocenters. The summed E-state index contributed by atoms with van der Waals surface area (Å²) in [5.41, 5.74) is 13.5. The second kappa shape index (κ2) is 12.6. The Morgan fingerprint density at radius 2 is 1.29 bits per heavy atom. The number of rotatable bonds is 4. The van der Waals surface area contributed by atoms with Gasteiger partial charge in [0.25, 0.3) is 0 Å². The Balaban J connectivity index is 0.00000378. The molecule has 0 bridgehead atoms. The van der Waals surface area contributed by atoms with Crippen molar-refractivity contribution in [3.05, 3.63) is 161 Å². The van der Waals surface area contributed by atoms with Crippen LogP contribution in [0.4, 0.5) is 11.4 Å². The summed E-state index contributed by atoms with van der Waals surface area (Å²) in [4.78, 5) is 2.41. The average Bonchev–Trinajstić information content (AvgIpc) is 3.43. The third-order valence-corrected chi connectivity index (χ3v) is 11.3. The maximum atomic E-state index is 2.43. The molecule has 0 unspecified atom stereocenters. The maximum Gasteiger partial charge on any atom is 0.210 e. The number of fused-ring (bicyclic) bond motifs is 6. The van der Waals surface area contributed by atoms with Crippen molar-refractivity contribution in [1.82, 2.24) is 0 Å². The highest BCUT2D eigenvalue weighted by molar-refractivity contribution is 6.08. The van der Waals surface area contributed by atoms with Crippen molar-refractivity contribution in [2.75, 3.05) is 19.0 Å². The van der Waals surface area contributed by atoms with Gasteiger partial charge >= 0.3 is 0 Å². The predicted octanol–water partition coefficient (Wildman–Crippen LogP) is 8.43. The van der Waals surface area contributed by atoms with Gasteiger partial charge in [-0.25, -0.2) is 0 Å². The molecule has 2 aliphatic heterocycles. The highest BCUT2D eigenvalue weighted by atomic mass is 127. The van der Waals surface area contributed by atoms with Crippen LogP contribution in [-0.4, -0.2) is 24.4 Å². The van der Waals surface area contributed by atoms with Crippen LogP contribution in [0, 0.1) is 0 Å². The molecular weight excluding hydrogens is 707 g/mol. The summed E-state index contributed by atoms with van der Waals surface area (Å²) in [6, 6.07) is 37.8. The van der Waals surface area contributed by atoms with Gasteiger partial charge in [0, 0.05) is 41.6 Å². The topological polar surface area (TPSA) is 6.25 Å². The molecule has 0 radical (unpaired) electrons. The molecule has 3 aliphatic rings. The zero-order valence-electron chi connectivity index (χ0n) is 29.5. The molecule has 0 aromatic heterocycles. The molecule has 8 rings (SSSR count). The summed E-state index contributed by atoms with van der Waals surface area (Å²) in [6.07, 6.45) is 13.0. The highest BCUT2D eigenvalue weighted by Crippen LogP contribution is 2.50. The van der Waals surface area contributed by atoms with Crippen molar-refractivity contribution < 1.29 is 28.6 Å². The Morgan fingerprint density at radius 1 is 0.653 bits per heavy atom. The van der Waals surface area contributed by atoms with Crippen LogP contribution in [0.2, 0.25) is 0 Å².